The number of hydrogen-bond acceptors (Lipinski definition) is 3. The molecule has 0 amide bonds. The molecular formula is C23H16ClN3O2. The van der Waals surface area contributed by atoms with Gasteiger partial charge < -0.3 is 5.11 Å². The fourth-order valence-electron chi connectivity index (χ4n) is 3.66. The predicted molar refractivity (Wildman–Crippen MR) is 115 cm³/mol. The first-order valence-electron chi connectivity index (χ1n) is 9.16. The molecule has 0 aliphatic carbocycles. The Morgan fingerprint density at radius 3 is 2.24 bits per heavy atom. The molecule has 0 aliphatic heterocycles. The van der Waals surface area contributed by atoms with Gasteiger partial charge in [0.1, 0.15) is 5.52 Å². The van der Waals surface area contributed by atoms with Crippen LogP contribution in [0.3, 0.4) is 0 Å². The topological polar surface area (TPSA) is 59.5 Å². The van der Waals surface area contributed by atoms with E-state index in [1.807, 2.05) is 60.7 Å². The molecule has 2 heterocycles. The van der Waals surface area contributed by atoms with Gasteiger partial charge in [0, 0.05) is 16.0 Å². The monoisotopic (exact) mass is 401 g/mol. The second-order valence-electron chi connectivity index (χ2n) is 6.82. The summed E-state index contributed by atoms with van der Waals surface area (Å²) >= 11 is 6.03. The van der Waals surface area contributed by atoms with E-state index in [0.29, 0.717) is 33.7 Å². The van der Waals surface area contributed by atoms with Crippen LogP contribution in [-0.4, -0.2) is 19.3 Å². The Hall–Kier alpha value is -3.57. The summed E-state index contributed by atoms with van der Waals surface area (Å²) in [5, 5.41) is 12.5. The maximum atomic E-state index is 13.4. The minimum absolute atomic E-state index is 0.118. The van der Waals surface area contributed by atoms with E-state index in [1.54, 1.807) is 27.4 Å². The number of aromatic hydroxyl groups is 1. The third-order valence-electron chi connectivity index (χ3n) is 5.00. The Bertz CT molecular complexity index is 1400. The van der Waals surface area contributed by atoms with Crippen molar-refractivity contribution in [3.05, 3.63) is 99.8 Å². The number of halogens is 1. The summed E-state index contributed by atoms with van der Waals surface area (Å²) < 4.78 is 3.32. The van der Waals surface area contributed by atoms with E-state index in [1.165, 1.54) is 0 Å². The largest absolute Gasteiger partial charge is 0.492 e. The highest BCUT2D eigenvalue weighted by Crippen LogP contribution is 2.31. The first kappa shape index (κ1) is 17.5. The van der Waals surface area contributed by atoms with Gasteiger partial charge in [-0.2, -0.15) is 4.98 Å². The molecule has 29 heavy (non-hydrogen) atoms. The first-order chi connectivity index (χ1) is 14.1. The minimum atomic E-state index is -0.149. The van der Waals surface area contributed by atoms with E-state index in [-0.39, 0.29) is 11.4 Å². The molecule has 2 aromatic heterocycles. The third-order valence-corrected chi connectivity index (χ3v) is 5.25. The van der Waals surface area contributed by atoms with Crippen LogP contribution in [0.1, 0.15) is 5.56 Å². The zero-order valence-electron chi connectivity index (χ0n) is 15.3. The van der Waals surface area contributed by atoms with Crippen molar-refractivity contribution in [3.63, 3.8) is 0 Å². The standard InChI is InChI=1S/C23H16ClN3O2/c24-17-12-10-16(11-13-17)21-25-22(28)20-18-8-4-5-9-19(18)23(29)26(27(20)21)14-15-6-2-1-3-7-15/h1-13,28H,14H2. The van der Waals surface area contributed by atoms with Crippen molar-refractivity contribution in [1.82, 2.24) is 14.2 Å². The minimum Gasteiger partial charge on any atom is -0.492 e. The van der Waals surface area contributed by atoms with E-state index in [9.17, 15) is 9.90 Å². The Balaban J connectivity index is 1.90. The SMILES string of the molecule is O=c1c2ccccc2c2c(O)nc(-c3ccc(Cl)cc3)n2n1Cc1ccccc1. The molecule has 0 spiro atoms. The predicted octanol–water partition coefficient (Wildman–Crippen LogP) is 4.72. The molecule has 5 nitrogen and oxygen atoms in total. The summed E-state index contributed by atoms with van der Waals surface area (Å²) in [6.07, 6.45) is 0. The zero-order chi connectivity index (χ0) is 20.0. The Morgan fingerprint density at radius 2 is 1.52 bits per heavy atom. The van der Waals surface area contributed by atoms with Gasteiger partial charge in [-0.3, -0.25) is 4.79 Å². The van der Waals surface area contributed by atoms with Crippen LogP contribution in [0.5, 0.6) is 5.88 Å². The van der Waals surface area contributed by atoms with Crippen molar-refractivity contribution in [2.75, 3.05) is 0 Å². The molecule has 5 rings (SSSR count). The number of rotatable bonds is 3. The molecule has 142 valence electrons. The number of nitrogens with zero attached hydrogens (tertiary/aromatic N) is 3. The lowest BCUT2D eigenvalue weighted by Crippen LogP contribution is -2.27. The van der Waals surface area contributed by atoms with Crippen LogP contribution < -0.4 is 5.56 Å². The van der Waals surface area contributed by atoms with Crippen LogP contribution in [0.25, 0.3) is 27.7 Å². The van der Waals surface area contributed by atoms with E-state index < -0.39 is 0 Å². The van der Waals surface area contributed by atoms with Gasteiger partial charge in [-0.25, -0.2) is 9.20 Å². The fourth-order valence-corrected chi connectivity index (χ4v) is 3.79. The van der Waals surface area contributed by atoms with E-state index in [2.05, 4.69) is 4.98 Å². The van der Waals surface area contributed by atoms with Crippen molar-refractivity contribution in [3.8, 4) is 17.3 Å². The van der Waals surface area contributed by atoms with Crippen molar-refractivity contribution >= 4 is 27.9 Å². The molecule has 3 aromatic carbocycles. The summed E-state index contributed by atoms with van der Waals surface area (Å²) in [6, 6.07) is 24.2. The van der Waals surface area contributed by atoms with Gasteiger partial charge in [-0.15, -0.1) is 0 Å². The van der Waals surface area contributed by atoms with Crippen LogP contribution in [0.2, 0.25) is 5.02 Å². The van der Waals surface area contributed by atoms with Gasteiger partial charge in [0.15, 0.2) is 5.82 Å². The molecule has 0 saturated heterocycles. The molecule has 0 unspecified atom stereocenters. The molecule has 5 aromatic rings. The van der Waals surface area contributed by atoms with Crippen LogP contribution in [0, 0.1) is 0 Å². The highest BCUT2D eigenvalue weighted by molar-refractivity contribution is 6.30. The average molecular weight is 402 g/mol. The van der Waals surface area contributed by atoms with Gasteiger partial charge in [-0.05, 0) is 35.9 Å². The van der Waals surface area contributed by atoms with Gasteiger partial charge in [0.05, 0.1) is 11.9 Å². The molecular weight excluding hydrogens is 386 g/mol. The third kappa shape index (κ3) is 2.87. The Kier molecular flexibility index (Phi) is 4.11. The van der Waals surface area contributed by atoms with Crippen LogP contribution >= 0.6 is 11.6 Å². The molecule has 0 radical (unpaired) electrons. The summed E-state index contributed by atoms with van der Waals surface area (Å²) in [4.78, 5) is 17.8. The van der Waals surface area contributed by atoms with Crippen molar-refractivity contribution in [1.29, 1.82) is 0 Å². The number of aromatic nitrogens is 3. The fraction of sp³-hybridized carbons (Fsp3) is 0.0435. The van der Waals surface area contributed by atoms with Gasteiger partial charge in [0.25, 0.3) is 5.56 Å². The van der Waals surface area contributed by atoms with Crippen LogP contribution in [-0.2, 0) is 6.54 Å². The van der Waals surface area contributed by atoms with Crippen molar-refractivity contribution in [2.45, 2.75) is 6.54 Å². The summed E-state index contributed by atoms with van der Waals surface area (Å²) in [5.41, 5.74) is 2.08. The summed E-state index contributed by atoms with van der Waals surface area (Å²) in [6.45, 7) is 0.345. The lowest BCUT2D eigenvalue weighted by Gasteiger charge is -2.14. The molecule has 0 bridgehead atoms. The first-order valence-corrected chi connectivity index (χ1v) is 9.54. The Morgan fingerprint density at radius 1 is 0.862 bits per heavy atom. The van der Waals surface area contributed by atoms with Gasteiger partial charge >= 0.3 is 0 Å². The van der Waals surface area contributed by atoms with Crippen molar-refractivity contribution in [2.24, 2.45) is 0 Å². The normalized spacial score (nSPS) is 11.3. The maximum absolute atomic E-state index is 13.4. The smallest absolute Gasteiger partial charge is 0.273 e. The average Bonchev–Trinajstić information content (AvgIpc) is 3.09. The summed E-state index contributed by atoms with van der Waals surface area (Å²) in [7, 11) is 0. The number of imidazole rings is 1. The lowest BCUT2D eigenvalue weighted by atomic mass is 10.1. The highest BCUT2D eigenvalue weighted by Gasteiger charge is 2.20. The van der Waals surface area contributed by atoms with Crippen LogP contribution in [0.4, 0.5) is 0 Å². The van der Waals surface area contributed by atoms with Gasteiger partial charge in [0.2, 0.25) is 5.88 Å². The highest BCUT2D eigenvalue weighted by atomic mass is 35.5. The second kappa shape index (κ2) is 6.79. The molecule has 0 saturated carbocycles. The Labute approximate surface area is 171 Å². The molecule has 1 N–H and O–H groups in total. The van der Waals surface area contributed by atoms with Gasteiger partial charge in [-0.1, -0.05) is 60.1 Å². The van der Waals surface area contributed by atoms with E-state index in [0.717, 1.165) is 11.1 Å². The zero-order valence-corrected chi connectivity index (χ0v) is 16.0. The number of benzene rings is 3. The molecule has 0 fully saturated rings. The quantitative estimate of drug-likeness (QED) is 0.475. The van der Waals surface area contributed by atoms with E-state index in [4.69, 9.17) is 11.6 Å². The summed E-state index contributed by atoms with van der Waals surface area (Å²) in [5.74, 6) is 0.362. The van der Waals surface area contributed by atoms with Crippen molar-refractivity contribution < 1.29 is 5.11 Å². The molecule has 6 heteroatoms. The maximum Gasteiger partial charge on any atom is 0.273 e. The van der Waals surface area contributed by atoms with E-state index >= 15 is 0 Å². The molecule has 0 atom stereocenters. The number of fused-ring (bicyclic) bond motifs is 3. The second-order valence-corrected chi connectivity index (χ2v) is 7.26. The molecule has 0 aliphatic rings. The number of hydrogen-bond donors (Lipinski definition) is 1. The van der Waals surface area contributed by atoms with Crippen LogP contribution in [0.15, 0.2) is 83.7 Å². The lowest BCUT2D eigenvalue weighted by molar-refractivity contribution is 0.462.